The first kappa shape index (κ1) is 7.92. The third-order valence-corrected chi connectivity index (χ3v) is 2.77. The van der Waals surface area contributed by atoms with Crippen LogP contribution in [0.3, 0.4) is 0 Å². The maximum atomic E-state index is 11.5. The first-order valence-corrected chi connectivity index (χ1v) is 5.31. The van der Waals surface area contributed by atoms with Crippen LogP contribution in [0.15, 0.2) is 17.2 Å². The summed E-state index contributed by atoms with van der Waals surface area (Å²) in [4.78, 5) is 14.6. The zero-order chi connectivity index (χ0) is 8.55. The van der Waals surface area contributed by atoms with E-state index in [-0.39, 0.29) is 5.78 Å². The Kier molecular flexibility index (Phi) is 1.97. The fourth-order valence-corrected chi connectivity index (χ4v) is 1.62. The molecule has 3 heteroatoms. The molecule has 0 atom stereocenters. The molecule has 0 saturated heterocycles. The minimum atomic E-state index is 0.287. The standard InChI is InChI=1S/C9H11NOS/c1-12-8-5-4-7(10-8)9(11)6-2-3-6/h4-6,10H,2-3H2,1H3. The van der Waals surface area contributed by atoms with Crippen LogP contribution in [0.25, 0.3) is 0 Å². The third-order valence-electron chi connectivity index (χ3n) is 2.09. The van der Waals surface area contributed by atoms with Crippen molar-refractivity contribution in [2.24, 2.45) is 5.92 Å². The number of hydrogen-bond acceptors (Lipinski definition) is 2. The Morgan fingerprint density at radius 1 is 1.58 bits per heavy atom. The number of thioether (sulfide) groups is 1. The van der Waals surface area contributed by atoms with E-state index in [1.54, 1.807) is 11.8 Å². The molecule has 12 heavy (non-hydrogen) atoms. The molecule has 1 N–H and O–H groups in total. The summed E-state index contributed by atoms with van der Waals surface area (Å²) >= 11 is 1.63. The lowest BCUT2D eigenvalue weighted by Crippen LogP contribution is -2.00. The van der Waals surface area contributed by atoms with E-state index in [0.717, 1.165) is 23.6 Å². The zero-order valence-electron chi connectivity index (χ0n) is 6.96. The van der Waals surface area contributed by atoms with Crippen molar-refractivity contribution < 1.29 is 4.79 Å². The number of carbonyl (C=O) groups excluding carboxylic acids is 1. The molecule has 0 aliphatic heterocycles. The molecule has 1 fully saturated rings. The molecule has 1 aromatic heterocycles. The monoisotopic (exact) mass is 181 g/mol. The van der Waals surface area contributed by atoms with Gasteiger partial charge in [-0.25, -0.2) is 0 Å². The quantitative estimate of drug-likeness (QED) is 0.573. The summed E-state index contributed by atoms with van der Waals surface area (Å²) in [5.74, 6) is 0.605. The van der Waals surface area contributed by atoms with Gasteiger partial charge in [-0.05, 0) is 31.2 Å². The number of H-pyrrole nitrogens is 1. The molecule has 2 rings (SSSR count). The van der Waals surface area contributed by atoms with Crippen LogP contribution in [0.2, 0.25) is 0 Å². The van der Waals surface area contributed by atoms with Crippen LogP contribution in [0.5, 0.6) is 0 Å². The van der Waals surface area contributed by atoms with Crippen molar-refractivity contribution in [1.82, 2.24) is 4.98 Å². The van der Waals surface area contributed by atoms with E-state index >= 15 is 0 Å². The number of aromatic nitrogens is 1. The van der Waals surface area contributed by atoms with Gasteiger partial charge in [-0.15, -0.1) is 11.8 Å². The summed E-state index contributed by atoms with van der Waals surface area (Å²) in [6.07, 6.45) is 4.15. The summed E-state index contributed by atoms with van der Waals surface area (Å²) in [6, 6.07) is 3.84. The molecule has 2 nitrogen and oxygen atoms in total. The number of Topliss-reactive ketones (excluding diaryl/α,β-unsaturated/α-hetero) is 1. The molecular weight excluding hydrogens is 170 g/mol. The van der Waals surface area contributed by atoms with Gasteiger partial charge in [0.05, 0.1) is 10.7 Å². The van der Waals surface area contributed by atoms with Crippen LogP contribution >= 0.6 is 11.8 Å². The van der Waals surface area contributed by atoms with E-state index in [1.165, 1.54) is 0 Å². The topological polar surface area (TPSA) is 32.9 Å². The van der Waals surface area contributed by atoms with Gasteiger partial charge in [0.1, 0.15) is 0 Å². The number of hydrogen-bond donors (Lipinski definition) is 1. The molecule has 1 aliphatic carbocycles. The van der Waals surface area contributed by atoms with Crippen molar-refractivity contribution >= 4 is 17.5 Å². The Hall–Kier alpha value is -0.700. The number of rotatable bonds is 3. The number of carbonyl (C=O) groups is 1. The van der Waals surface area contributed by atoms with Gasteiger partial charge in [-0.3, -0.25) is 4.79 Å². The van der Waals surface area contributed by atoms with Gasteiger partial charge in [-0.1, -0.05) is 0 Å². The van der Waals surface area contributed by atoms with Crippen molar-refractivity contribution in [3.63, 3.8) is 0 Å². The van der Waals surface area contributed by atoms with Gasteiger partial charge in [-0.2, -0.15) is 0 Å². The molecule has 0 unspecified atom stereocenters. The van der Waals surface area contributed by atoms with Crippen molar-refractivity contribution in [2.75, 3.05) is 6.26 Å². The fourth-order valence-electron chi connectivity index (χ4n) is 1.20. The van der Waals surface area contributed by atoms with E-state index in [1.807, 2.05) is 18.4 Å². The molecule has 0 bridgehead atoms. The Bertz CT molecular complexity index is 301. The summed E-state index contributed by atoms with van der Waals surface area (Å²) in [7, 11) is 0. The first-order valence-electron chi connectivity index (χ1n) is 4.08. The molecule has 0 spiro atoms. The molecule has 0 amide bonds. The Balaban J connectivity index is 2.16. The van der Waals surface area contributed by atoms with Crippen LogP contribution in [0, 0.1) is 5.92 Å². The molecule has 1 heterocycles. The lowest BCUT2D eigenvalue weighted by Gasteiger charge is -1.92. The highest BCUT2D eigenvalue weighted by Gasteiger charge is 2.30. The predicted octanol–water partition coefficient (Wildman–Crippen LogP) is 2.33. The molecule has 64 valence electrons. The molecule has 1 aliphatic rings. The second-order valence-corrected chi connectivity index (χ2v) is 3.93. The van der Waals surface area contributed by atoms with Gasteiger partial charge in [0.15, 0.2) is 5.78 Å². The minimum absolute atomic E-state index is 0.287. The smallest absolute Gasteiger partial charge is 0.182 e. The largest absolute Gasteiger partial charge is 0.347 e. The average Bonchev–Trinajstić information content (AvgIpc) is 2.82. The normalized spacial score (nSPS) is 16.4. The number of ketones is 1. The summed E-state index contributed by atoms with van der Waals surface area (Å²) in [6.45, 7) is 0. The van der Waals surface area contributed by atoms with Gasteiger partial charge in [0, 0.05) is 5.92 Å². The maximum Gasteiger partial charge on any atom is 0.182 e. The van der Waals surface area contributed by atoms with Gasteiger partial charge in [0.25, 0.3) is 0 Å². The van der Waals surface area contributed by atoms with Gasteiger partial charge in [0.2, 0.25) is 0 Å². The SMILES string of the molecule is CSc1ccc(C(=O)C2CC2)[nH]1. The highest BCUT2D eigenvalue weighted by molar-refractivity contribution is 7.98. The molecule has 1 saturated carbocycles. The number of nitrogens with one attached hydrogen (secondary N) is 1. The Labute approximate surface area is 75.7 Å². The predicted molar refractivity (Wildman–Crippen MR) is 49.6 cm³/mol. The number of aromatic amines is 1. The summed E-state index contributed by atoms with van der Waals surface area (Å²) in [5, 5.41) is 1.07. The Morgan fingerprint density at radius 2 is 2.33 bits per heavy atom. The second kappa shape index (κ2) is 2.98. The highest BCUT2D eigenvalue weighted by Crippen LogP contribution is 2.32. The van der Waals surface area contributed by atoms with Crippen LogP contribution in [-0.2, 0) is 0 Å². The summed E-state index contributed by atoms with van der Waals surface area (Å²) < 4.78 is 0. The lowest BCUT2D eigenvalue weighted by molar-refractivity contribution is 0.0963. The van der Waals surface area contributed by atoms with E-state index in [4.69, 9.17) is 0 Å². The van der Waals surface area contributed by atoms with E-state index in [9.17, 15) is 4.79 Å². The molecule has 0 aromatic carbocycles. The van der Waals surface area contributed by atoms with Gasteiger partial charge < -0.3 is 4.98 Å². The van der Waals surface area contributed by atoms with Crippen LogP contribution in [-0.4, -0.2) is 17.0 Å². The highest BCUT2D eigenvalue weighted by atomic mass is 32.2. The molecule has 1 aromatic rings. The van der Waals surface area contributed by atoms with E-state index < -0.39 is 0 Å². The third kappa shape index (κ3) is 1.41. The van der Waals surface area contributed by atoms with Crippen LogP contribution < -0.4 is 0 Å². The molecule has 0 radical (unpaired) electrons. The Morgan fingerprint density at radius 3 is 2.83 bits per heavy atom. The lowest BCUT2D eigenvalue weighted by atomic mass is 10.2. The maximum absolute atomic E-state index is 11.5. The van der Waals surface area contributed by atoms with Crippen molar-refractivity contribution in [3.8, 4) is 0 Å². The van der Waals surface area contributed by atoms with E-state index in [0.29, 0.717) is 5.92 Å². The van der Waals surface area contributed by atoms with Crippen molar-refractivity contribution in [1.29, 1.82) is 0 Å². The second-order valence-electron chi connectivity index (χ2n) is 3.08. The first-order chi connectivity index (χ1) is 5.81. The molecular formula is C9H11NOS. The fraction of sp³-hybridized carbons (Fsp3) is 0.444. The minimum Gasteiger partial charge on any atom is -0.347 e. The zero-order valence-corrected chi connectivity index (χ0v) is 7.78. The van der Waals surface area contributed by atoms with Crippen LogP contribution in [0.1, 0.15) is 23.3 Å². The summed E-state index contributed by atoms with van der Waals surface area (Å²) in [5.41, 5.74) is 0.779. The van der Waals surface area contributed by atoms with Crippen molar-refractivity contribution in [3.05, 3.63) is 17.8 Å². The van der Waals surface area contributed by atoms with Crippen LogP contribution in [0.4, 0.5) is 0 Å². The van der Waals surface area contributed by atoms with Crippen molar-refractivity contribution in [2.45, 2.75) is 17.9 Å². The van der Waals surface area contributed by atoms with E-state index in [2.05, 4.69) is 4.98 Å². The van der Waals surface area contributed by atoms with Gasteiger partial charge >= 0.3 is 0 Å². The average molecular weight is 181 g/mol.